The monoisotopic (exact) mass is 809 g/mol. The van der Waals surface area contributed by atoms with Crippen LogP contribution in [0.4, 0.5) is 0 Å². The summed E-state index contributed by atoms with van der Waals surface area (Å²) in [6.45, 7) is 0. The molecule has 0 radical (unpaired) electrons. The minimum Gasteiger partial charge on any atom is -0.278 e. The van der Waals surface area contributed by atoms with Crippen LogP contribution >= 0.6 is 11.3 Å². The summed E-state index contributed by atoms with van der Waals surface area (Å²) < 4.78 is 4.66. The number of benzene rings is 8. The van der Waals surface area contributed by atoms with E-state index in [1.54, 1.807) is 11.3 Å². The van der Waals surface area contributed by atoms with Crippen molar-refractivity contribution in [2.75, 3.05) is 0 Å². The Bertz CT molecular complexity index is 3360. The van der Waals surface area contributed by atoms with Gasteiger partial charge >= 0.3 is 0 Å². The summed E-state index contributed by atoms with van der Waals surface area (Å²) in [6, 6.07) is 70.7. The highest BCUT2D eigenvalue weighted by Crippen LogP contribution is 2.41. The van der Waals surface area contributed by atoms with E-state index in [1.807, 2.05) is 12.4 Å². The van der Waals surface area contributed by atoms with Crippen molar-refractivity contribution in [1.29, 1.82) is 0 Å². The molecular formula is C56H35N5S. The lowest BCUT2D eigenvalue weighted by molar-refractivity contribution is 0.953. The first-order valence-electron chi connectivity index (χ1n) is 20.7. The molecule has 12 rings (SSSR count). The third-order valence-electron chi connectivity index (χ3n) is 11.7. The number of rotatable bonds is 7. The Morgan fingerprint density at radius 2 is 0.790 bits per heavy atom. The van der Waals surface area contributed by atoms with Crippen molar-refractivity contribution in [2.24, 2.45) is 0 Å². The van der Waals surface area contributed by atoms with Crippen LogP contribution in [0.15, 0.2) is 213 Å². The van der Waals surface area contributed by atoms with E-state index in [0.29, 0.717) is 17.6 Å². The minimum atomic E-state index is 0.536. The topological polar surface area (TPSA) is 56.5 Å². The van der Waals surface area contributed by atoms with Gasteiger partial charge in [-0.25, -0.2) is 4.98 Å². The summed E-state index contributed by atoms with van der Waals surface area (Å²) >= 11 is 1.81. The molecule has 0 aliphatic carbocycles. The molecule has 5 nitrogen and oxygen atoms in total. The second-order valence-electron chi connectivity index (χ2n) is 15.5. The lowest BCUT2D eigenvalue weighted by atomic mass is 9.95. The van der Waals surface area contributed by atoms with E-state index in [0.717, 1.165) is 77.4 Å². The van der Waals surface area contributed by atoms with Crippen LogP contribution in [0.25, 0.3) is 115 Å². The van der Waals surface area contributed by atoms with Crippen LogP contribution in [0.1, 0.15) is 0 Å². The SMILES string of the molecule is c1ccc(-c2cc(-c3ccccc3)cc(-c3nc(-c4cc(-c5ccccc5)cc(-c5ccccc5)c4)nc(-n4c5ccncc5c5cc6c(cc54)sc4ccccc46)n3)c2)cc1. The summed E-state index contributed by atoms with van der Waals surface area (Å²) in [5, 5.41) is 4.62. The van der Waals surface area contributed by atoms with E-state index in [1.165, 1.54) is 20.2 Å². The summed E-state index contributed by atoms with van der Waals surface area (Å²) in [4.78, 5) is 20.9. The lowest BCUT2D eigenvalue weighted by Crippen LogP contribution is -2.07. The van der Waals surface area contributed by atoms with Gasteiger partial charge in [-0.15, -0.1) is 11.3 Å². The Morgan fingerprint density at radius 3 is 1.31 bits per heavy atom. The van der Waals surface area contributed by atoms with Crippen LogP contribution in [0.3, 0.4) is 0 Å². The predicted molar refractivity (Wildman–Crippen MR) is 257 cm³/mol. The third kappa shape index (κ3) is 6.33. The van der Waals surface area contributed by atoms with Gasteiger partial charge in [0.15, 0.2) is 11.6 Å². The van der Waals surface area contributed by atoms with Gasteiger partial charge in [-0.3, -0.25) is 9.55 Å². The molecule has 0 N–H and O–H groups in total. The van der Waals surface area contributed by atoms with Crippen molar-refractivity contribution < 1.29 is 0 Å². The van der Waals surface area contributed by atoms with Gasteiger partial charge in [0.1, 0.15) is 0 Å². The van der Waals surface area contributed by atoms with Crippen molar-refractivity contribution in [3.05, 3.63) is 213 Å². The Balaban J connectivity index is 1.16. The van der Waals surface area contributed by atoms with Crippen LogP contribution < -0.4 is 0 Å². The van der Waals surface area contributed by atoms with Gasteiger partial charge in [-0.05, 0) is 105 Å². The van der Waals surface area contributed by atoms with Gasteiger partial charge in [-0.2, -0.15) is 9.97 Å². The fourth-order valence-electron chi connectivity index (χ4n) is 8.72. The highest BCUT2D eigenvalue weighted by atomic mass is 32.1. The van der Waals surface area contributed by atoms with E-state index in [9.17, 15) is 0 Å². The molecule has 0 atom stereocenters. The van der Waals surface area contributed by atoms with Crippen molar-refractivity contribution in [3.63, 3.8) is 0 Å². The second kappa shape index (κ2) is 14.9. The van der Waals surface area contributed by atoms with E-state index < -0.39 is 0 Å². The maximum absolute atomic E-state index is 5.45. The van der Waals surface area contributed by atoms with Crippen molar-refractivity contribution in [2.45, 2.75) is 0 Å². The van der Waals surface area contributed by atoms with Crippen LogP contribution in [-0.2, 0) is 0 Å². The lowest BCUT2D eigenvalue weighted by Gasteiger charge is -2.15. The maximum Gasteiger partial charge on any atom is 0.238 e. The number of hydrogen-bond donors (Lipinski definition) is 0. The zero-order valence-corrected chi connectivity index (χ0v) is 34.2. The highest BCUT2D eigenvalue weighted by Gasteiger charge is 2.21. The Hall–Kier alpha value is -8.06. The number of thiophene rings is 1. The Kier molecular flexibility index (Phi) is 8.61. The molecule has 0 bridgehead atoms. The van der Waals surface area contributed by atoms with Crippen LogP contribution in [-0.4, -0.2) is 24.5 Å². The highest BCUT2D eigenvalue weighted by molar-refractivity contribution is 7.25. The standard InChI is InChI=1S/C56H35N5S/c1-5-15-36(16-6-1)40-27-41(37-17-7-2-8-18-37)30-44(29-40)54-58-55(45-31-42(38-19-9-3-10-20-38)28-43(32-45)39-21-11-4-12-22-39)60-56(59-54)61-50-25-26-57-35-49(50)47-33-48-46-23-13-14-24-52(46)62-53(48)34-51(47)61/h1-35H. The zero-order valence-electron chi connectivity index (χ0n) is 33.4. The number of nitrogens with zero attached hydrogens (tertiary/aromatic N) is 5. The maximum atomic E-state index is 5.45. The molecule has 0 aliphatic heterocycles. The smallest absolute Gasteiger partial charge is 0.238 e. The molecule has 4 heterocycles. The molecule has 4 aromatic heterocycles. The molecule has 8 aromatic carbocycles. The van der Waals surface area contributed by atoms with Gasteiger partial charge in [0.2, 0.25) is 5.95 Å². The van der Waals surface area contributed by atoms with Gasteiger partial charge in [0.05, 0.1) is 11.0 Å². The molecule has 0 amide bonds. The van der Waals surface area contributed by atoms with Crippen molar-refractivity contribution >= 4 is 53.3 Å². The molecule has 0 saturated heterocycles. The molecule has 62 heavy (non-hydrogen) atoms. The van der Waals surface area contributed by atoms with E-state index in [4.69, 9.17) is 15.0 Å². The van der Waals surface area contributed by atoms with Gasteiger partial charge in [0.25, 0.3) is 0 Å². The van der Waals surface area contributed by atoms with E-state index in [2.05, 4.69) is 210 Å². The predicted octanol–water partition coefficient (Wildman–Crippen LogP) is 14.7. The summed E-state index contributed by atoms with van der Waals surface area (Å²) in [6.07, 6.45) is 3.81. The van der Waals surface area contributed by atoms with Gasteiger partial charge < -0.3 is 0 Å². The second-order valence-corrected chi connectivity index (χ2v) is 16.6. The molecule has 290 valence electrons. The summed E-state index contributed by atoms with van der Waals surface area (Å²) in [5.41, 5.74) is 12.6. The normalized spacial score (nSPS) is 11.5. The van der Waals surface area contributed by atoms with Crippen LogP contribution in [0, 0.1) is 0 Å². The third-order valence-corrected chi connectivity index (χ3v) is 12.8. The summed E-state index contributed by atoms with van der Waals surface area (Å²) in [7, 11) is 0. The van der Waals surface area contributed by atoms with Crippen LogP contribution in [0.5, 0.6) is 0 Å². The van der Waals surface area contributed by atoms with E-state index in [-0.39, 0.29) is 0 Å². The van der Waals surface area contributed by atoms with E-state index >= 15 is 0 Å². The number of fused-ring (bicyclic) bond motifs is 6. The van der Waals surface area contributed by atoms with Crippen molar-refractivity contribution in [1.82, 2.24) is 24.5 Å². The fraction of sp³-hybridized carbons (Fsp3) is 0. The minimum absolute atomic E-state index is 0.536. The fourth-order valence-corrected chi connectivity index (χ4v) is 9.84. The first-order chi connectivity index (χ1) is 30.7. The quantitative estimate of drug-likeness (QED) is 0.161. The van der Waals surface area contributed by atoms with Gasteiger partial charge in [-0.1, -0.05) is 140 Å². The number of pyridine rings is 1. The largest absolute Gasteiger partial charge is 0.278 e. The molecule has 0 spiro atoms. The Morgan fingerprint density at radius 1 is 0.323 bits per heavy atom. The molecule has 6 heteroatoms. The molecule has 0 fully saturated rings. The number of hydrogen-bond acceptors (Lipinski definition) is 5. The summed E-state index contributed by atoms with van der Waals surface area (Å²) in [5.74, 6) is 1.70. The molecule has 0 aliphatic rings. The zero-order chi connectivity index (χ0) is 41.0. The molecule has 0 unspecified atom stereocenters. The molecule has 0 saturated carbocycles. The Labute approximate surface area is 361 Å². The number of aromatic nitrogens is 5. The molecular weight excluding hydrogens is 775 g/mol. The van der Waals surface area contributed by atoms with Gasteiger partial charge in [0, 0.05) is 54.5 Å². The first kappa shape index (κ1) is 35.8. The van der Waals surface area contributed by atoms with Crippen LogP contribution in [0.2, 0.25) is 0 Å². The molecule has 12 aromatic rings. The average Bonchev–Trinajstić information content (AvgIpc) is 3.88. The average molecular weight is 810 g/mol. The van der Waals surface area contributed by atoms with Crippen molar-refractivity contribution in [3.8, 4) is 73.2 Å². The first-order valence-corrected chi connectivity index (χ1v) is 21.5.